The number of hydrogen-bond acceptors (Lipinski definition) is 7. The number of amides is 1. The first kappa shape index (κ1) is 22.0. The Balaban J connectivity index is 1.87. The van der Waals surface area contributed by atoms with Crippen molar-refractivity contribution in [3.05, 3.63) is 46.8 Å². The highest BCUT2D eigenvalue weighted by molar-refractivity contribution is 5.91. The molecule has 0 aliphatic heterocycles. The number of carbonyl (C=O) groups excluding carboxylic acids is 2. The van der Waals surface area contributed by atoms with E-state index in [0.717, 1.165) is 11.3 Å². The van der Waals surface area contributed by atoms with Gasteiger partial charge in [0.15, 0.2) is 6.61 Å². The Labute approximate surface area is 169 Å². The number of hydrogen-bond donors (Lipinski definition) is 1. The van der Waals surface area contributed by atoms with Gasteiger partial charge < -0.3 is 19.3 Å². The molecule has 29 heavy (non-hydrogen) atoms. The van der Waals surface area contributed by atoms with Crippen LogP contribution in [-0.4, -0.2) is 29.2 Å². The number of rotatable bonds is 8. The predicted molar refractivity (Wildman–Crippen MR) is 104 cm³/mol. The molecule has 1 heterocycles. The molecule has 0 aliphatic rings. The highest BCUT2D eigenvalue weighted by Crippen LogP contribution is 2.18. The molecular formula is C21H25N3O5. The molecule has 0 radical (unpaired) electrons. The van der Waals surface area contributed by atoms with Gasteiger partial charge >= 0.3 is 5.97 Å². The van der Waals surface area contributed by atoms with Crippen LogP contribution < -0.4 is 10.1 Å². The molecule has 2 rings (SSSR count). The normalized spacial score (nSPS) is 12.7. The Hall–Kier alpha value is -3.34. The minimum atomic E-state index is -1.02. The van der Waals surface area contributed by atoms with E-state index in [2.05, 4.69) is 16.5 Å². The van der Waals surface area contributed by atoms with Gasteiger partial charge in [-0.3, -0.25) is 4.79 Å². The van der Waals surface area contributed by atoms with Crippen molar-refractivity contribution in [2.45, 2.75) is 46.8 Å². The molecule has 0 saturated heterocycles. The minimum absolute atomic E-state index is 0.0925. The zero-order chi connectivity index (χ0) is 21.6. The summed E-state index contributed by atoms with van der Waals surface area (Å²) < 4.78 is 15.8. The van der Waals surface area contributed by atoms with Crippen molar-refractivity contribution >= 4 is 11.9 Å². The molecule has 154 valence electrons. The number of nitriles is 1. The number of aromatic nitrogens is 1. The maximum atomic E-state index is 12.1. The monoisotopic (exact) mass is 399 g/mol. The maximum absolute atomic E-state index is 12.1. The standard InChI is InChI=1S/C21H25N3O5/c1-13(2)21(5,12-22)23-19(25)11-28-20(26)16-6-8-17(9-7-16)27-10-18-14(3)24-29-15(18)4/h6-9,13H,10-11H2,1-5H3,(H,23,25)/t21-/m0/s1. The number of nitrogens with zero attached hydrogens (tertiary/aromatic N) is 2. The van der Waals surface area contributed by atoms with E-state index in [1.807, 2.05) is 27.7 Å². The molecule has 2 aromatic rings. The first-order chi connectivity index (χ1) is 13.7. The molecule has 1 aromatic heterocycles. The van der Waals surface area contributed by atoms with Crippen LogP contribution in [0.1, 0.15) is 48.1 Å². The third kappa shape index (κ3) is 5.57. The van der Waals surface area contributed by atoms with Gasteiger partial charge in [0.2, 0.25) is 0 Å². The topological polar surface area (TPSA) is 114 Å². The number of ether oxygens (including phenoxy) is 2. The van der Waals surface area contributed by atoms with Crippen LogP contribution in [0.25, 0.3) is 0 Å². The summed E-state index contributed by atoms with van der Waals surface area (Å²) in [4.78, 5) is 24.1. The van der Waals surface area contributed by atoms with Crippen LogP contribution in [0.3, 0.4) is 0 Å². The van der Waals surface area contributed by atoms with Gasteiger partial charge in [0, 0.05) is 0 Å². The second-order valence-corrected chi connectivity index (χ2v) is 7.21. The van der Waals surface area contributed by atoms with Crippen molar-refractivity contribution in [2.24, 2.45) is 5.92 Å². The Bertz CT molecular complexity index is 892. The van der Waals surface area contributed by atoms with Crippen LogP contribution in [0.5, 0.6) is 5.75 Å². The second-order valence-electron chi connectivity index (χ2n) is 7.21. The maximum Gasteiger partial charge on any atom is 0.338 e. The molecule has 1 N–H and O–H groups in total. The van der Waals surface area contributed by atoms with Crippen molar-refractivity contribution in [3.8, 4) is 11.8 Å². The Morgan fingerprint density at radius 2 is 1.93 bits per heavy atom. The summed E-state index contributed by atoms with van der Waals surface area (Å²) in [6.45, 7) is 8.76. The van der Waals surface area contributed by atoms with Gasteiger partial charge in [0.05, 0.1) is 22.9 Å². The largest absolute Gasteiger partial charge is 0.489 e. The van der Waals surface area contributed by atoms with E-state index < -0.39 is 24.0 Å². The van der Waals surface area contributed by atoms with Crippen LogP contribution in [0.15, 0.2) is 28.8 Å². The van der Waals surface area contributed by atoms with Gasteiger partial charge in [-0.25, -0.2) is 4.79 Å². The van der Waals surface area contributed by atoms with Gasteiger partial charge in [0.1, 0.15) is 23.7 Å². The van der Waals surface area contributed by atoms with Gasteiger partial charge in [-0.2, -0.15) is 5.26 Å². The molecular weight excluding hydrogens is 374 g/mol. The summed E-state index contributed by atoms with van der Waals surface area (Å²) in [6, 6.07) is 8.45. The third-order valence-corrected chi connectivity index (χ3v) is 4.77. The predicted octanol–water partition coefficient (Wildman–Crippen LogP) is 3.08. The molecule has 0 bridgehead atoms. The first-order valence-corrected chi connectivity index (χ1v) is 9.20. The smallest absolute Gasteiger partial charge is 0.338 e. The number of benzene rings is 1. The molecule has 0 aliphatic carbocycles. The van der Waals surface area contributed by atoms with E-state index in [1.165, 1.54) is 0 Å². The fourth-order valence-electron chi connectivity index (χ4n) is 2.39. The fourth-order valence-corrected chi connectivity index (χ4v) is 2.39. The van der Waals surface area contributed by atoms with E-state index >= 15 is 0 Å². The summed E-state index contributed by atoms with van der Waals surface area (Å²) >= 11 is 0. The molecule has 0 spiro atoms. The quantitative estimate of drug-likeness (QED) is 0.678. The highest BCUT2D eigenvalue weighted by atomic mass is 16.5. The van der Waals surface area contributed by atoms with E-state index in [0.29, 0.717) is 18.1 Å². The summed E-state index contributed by atoms with van der Waals surface area (Å²) in [5, 5.41) is 15.7. The van der Waals surface area contributed by atoms with Crippen LogP contribution in [0.4, 0.5) is 0 Å². The first-order valence-electron chi connectivity index (χ1n) is 9.20. The highest BCUT2D eigenvalue weighted by Gasteiger charge is 2.30. The molecule has 8 nitrogen and oxygen atoms in total. The van der Waals surface area contributed by atoms with Crippen molar-refractivity contribution in [1.29, 1.82) is 5.26 Å². The zero-order valence-electron chi connectivity index (χ0n) is 17.2. The minimum Gasteiger partial charge on any atom is -0.489 e. The van der Waals surface area contributed by atoms with Gasteiger partial charge in [-0.15, -0.1) is 0 Å². The SMILES string of the molecule is Cc1noc(C)c1COc1ccc(C(=O)OCC(=O)N[C@@](C)(C#N)C(C)C)cc1. The summed E-state index contributed by atoms with van der Waals surface area (Å²) in [6.07, 6.45) is 0. The number of carbonyl (C=O) groups is 2. The van der Waals surface area contributed by atoms with Crippen molar-refractivity contribution in [3.63, 3.8) is 0 Å². The molecule has 0 unspecified atom stereocenters. The van der Waals surface area contributed by atoms with Crippen LogP contribution in [-0.2, 0) is 16.1 Å². The van der Waals surface area contributed by atoms with E-state index in [9.17, 15) is 14.9 Å². The van der Waals surface area contributed by atoms with Gasteiger partial charge in [-0.1, -0.05) is 19.0 Å². The number of esters is 1. The lowest BCUT2D eigenvalue weighted by Crippen LogP contribution is -2.50. The molecule has 1 amide bonds. The fraction of sp³-hybridized carbons (Fsp3) is 0.429. The van der Waals surface area contributed by atoms with Crippen molar-refractivity contribution in [2.75, 3.05) is 6.61 Å². The average Bonchev–Trinajstić information content (AvgIpc) is 3.02. The summed E-state index contributed by atoms with van der Waals surface area (Å²) in [7, 11) is 0. The van der Waals surface area contributed by atoms with Crippen LogP contribution in [0.2, 0.25) is 0 Å². The molecule has 0 saturated carbocycles. The molecule has 1 aromatic carbocycles. The molecule has 1 atom stereocenters. The van der Waals surface area contributed by atoms with Gasteiger partial charge in [-0.05, 0) is 51.0 Å². The van der Waals surface area contributed by atoms with Crippen molar-refractivity contribution < 1.29 is 23.6 Å². The number of nitrogens with one attached hydrogen (secondary N) is 1. The lowest BCUT2D eigenvalue weighted by Gasteiger charge is -2.27. The Morgan fingerprint density at radius 3 is 2.45 bits per heavy atom. The third-order valence-electron chi connectivity index (χ3n) is 4.77. The lowest BCUT2D eigenvalue weighted by atomic mass is 9.90. The summed E-state index contributed by atoms with van der Waals surface area (Å²) in [5.74, 6) is 0.00759. The van der Waals surface area contributed by atoms with Crippen LogP contribution in [0, 0.1) is 31.1 Å². The van der Waals surface area contributed by atoms with Gasteiger partial charge in [0.25, 0.3) is 5.91 Å². The Kier molecular flexibility index (Phi) is 6.99. The van der Waals surface area contributed by atoms with Crippen molar-refractivity contribution in [1.82, 2.24) is 10.5 Å². The van der Waals surface area contributed by atoms with Crippen LogP contribution >= 0.6 is 0 Å². The lowest BCUT2D eigenvalue weighted by molar-refractivity contribution is -0.125. The average molecular weight is 399 g/mol. The van der Waals surface area contributed by atoms with E-state index in [-0.39, 0.29) is 11.5 Å². The van der Waals surface area contributed by atoms with E-state index in [4.69, 9.17) is 14.0 Å². The zero-order valence-corrected chi connectivity index (χ0v) is 17.2. The second kappa shape index (κ2) is 9.24. The van der Waals surface area contributed by atoms with E-state index in [1.54, 1.807) is 31.2 Å². The summed E-state index contributed by atoms with van der Waals surface area (Å²) in [5.41, 5.74) is 0.912. The molecule has 8 heteroatoms. The molecule has 0 fully saturated rings. The number of aryl methyl sites for hydroxylation is 2. The Morgan fingerprint density at radius 1 is 1.28 bits per heavy atom.